The van der Waals surface area contributed by atoms with E-state index in [1.54, 1.807) is 19.1 Å². The van der Waals surface area contributed by atoms with E-state index in [2.05, 4.69) is 11.4 Å². The standard InChI is InChI=1S/C15H19N3O3/c1-10(2)15(3,9-16)18-13(19)8-21-12-6-4-11(5-7-12)14(17)20/h4-7,10H,8H2,1-3H3,(H2,17,20)(H,18,19). The Hall–Kier alpha value is -2.55. The summed E-state index contributed by atoms with van der Waals surface area (Å²) in [5.41, 5.74) is 4.55. The van der Waals surface area contributed by atoms with E-state index in [1.807, 2.05) is 13.8 Å². The van der Waals surface area contributed by atoms with Gasteiger partial charge >= 0.3 is 0 Å². The molecule has 6 heteroatoms. The van der Waals surface area contributed by atoms with Crippen molar-refractivity contribution >= 4 is 11.8 Å². The van der Waals surface area contributed by atoms with Crippen molar-refractivity contribution in [2.24, 2.45) is 11.7 Å². The van der Waals surface area contributed by atoms with Crippen molar-refractivity contribution in [2.75, 3.05) is 6.61 Å². The lowest BCUT2D eigenvalue weighted by molar-refractivity contribution is -0.124. The number of hydrogen-bond donors (Lipinski definition) is 2. The maximum Gasteiger partial charge on any atom is 0.259 e. The molecule has 6 nitrogen and oxygen atoms in total. The Labute approximate surface area is 123 Å². The number of nitriles is 1. The second kappa shape index (κ2) is 6.75. The third-order valence-corrected chi connectivity index (χ3v) is 3.29. The molecule has 1 rings (SSSR count). The highest BCUT2D eigenvalue weighted by Gasteiger charge is 2.29. The molecule has 0 saturated heterocycles. The molecule has 0 aromatic heterocycles. The van der Waals surface area contributed by atoms with Crippen LogP contribution in [0.1, 0.15) is 31.1 Å². The molecule has 1 aromatic rings. The molecule has 0 radical (unpaired) electrons. The molecule has 1 aromatic carbocycles. The van der Waals surface area contributed by atoms with E-state index < -0.39 is 11.4 Å². The van der Waals surface area contributed by atoms with E-state index in [9.17, 15) is 9.59 Å². The minimum absolute atomic E-state index is 0.0266. The smallest absolute Gasteiger partial charge is 0.259 e. The first-order valence-electron chi connectivity index (χ1n) is 6.53. The first-order valence-corrected chi connectivity index (χ1v) is 6.53. The molecular formula is C15H19N3O3. The fourth-order valence-corrected chi connectivity index (χ4v) is 1.49. The van der Waals surface area contributed by atoms with Crippen molar-refractivity contribution in [1.82, 2.24) is 5.32 Å². The average Bonchev–Trinajstić information content (AvgIpc) is 2.45. The molecule has 0 aliphatic rings. The lowest BCUT2D eigenvalue weighted by atomic mass is 9.90. The van der Waals surface area contributed by atoms with Crippen molar-refractivity contribution in [3.63, 3.8) is 0 Å². The molecule has 0 heterocycles. The highest BCUT2D eigenvalue weighted by atomic mass is 16.5. The van der Waals surface area contributed by atoms with Gasteiger partial charge < -0.3 is 15.8 Å². The molecule has 1 unspecified atom stereocenters. The maximum atomic E-state index is 11.8. The van der Waals surface area contributed by atoms with Crippen LogP contribution in [0.25, 0.3) is 0 Å². The summed E-state index contributed by atoms with van der Waals surface area (Å²) < 4.78 is 5.30. The normalized spacial score (nSPS) is 13.1. The SMILES string of the molecule is CC(C)C(C)(C#N)NC(=O)COc1ccc(C(N)=O)cc1. The van der Waals surface area contributed by atoms with Gasteiger partial charge in [-0.2, -0.15) is 5.26 Å². The van der Waals surface area contributed by atoms with Gasteiger partial charge in [-0.3, -0.25) is 9.59 Å². The van der Waals surface area contributed by atoms with Crippen LogP contribution < -0.4 is 15.8 Å². The lowest BCUT2D eigenvalue weighted by Crippen LogP contribution is -2.50. The number of carbonyl (C=O) groups excluding carboxylic acids is 2. The van der Waals surface area contributed by atoms with Crippen LogP contribution in [0.2, 0.25) is 0 Å². The number of nitrogens with one attached hydrogen (secondary N) is 1. The fourth-order valence-electron chi connectivity index (χ4n) is 1.49. The summed E-state index contributed by atoms with van der Waals surface area (Å²) in [4.78, 5) is 22.7. The Morgan fingerprint density at radius 2 is 1.95 bits per heavy atom. The second-order valence-corrected chi connectivity index (χ2v) is 5.19. The molecule has 21 heavy (non-hydrogen) atoms. The number of primary amides is 1. The topological polar surface area (TPSA) is 105 Å². The zero-order valence-corrected chi connectivity index (χ0v) is 12.3. The minimum Gasteiger partial charge on any atom is -0.484 e. The van der Waals surface area contributed by atoms with Gasteiger partial charge in [0, 0.05) is 5.56 Å². The van der Waals surface area contributed by atoms with Gasteiger partial charge in [0.1, 0.15) is 11.3 Å². The number of benzene rings is 1. The number of nitrogens with zero attached hydrogens (tertiary/aromatic N) is 1. The Bertz CT molecular complexity index is 561. The molecule has 0 aliphatic heterocycles. The zero-order valence-electron chi connectivity index (χ0n) is 12.3. The minimum atomic E-state index is -0.934. The monoisotopic (exact) mass is 289 g/mol. The second-order valence-electron chi connectivity index (χ2n) is 5.19. The largest absolute Gasteiger partial charge is 0.484 e. The Morgan fingerprint density at radius 1 is 1.38 bits per heavy atom. The van der Waals surface area contributed by atoms with Gasteiger partial charge in [0.2, 0.25) is 5.91 Å². The summed E-state index contributed by atoms with van der Waals surface area (Å²) in [7, 11) is 0. The molecule has 1 atom stereocenters. The number of nitrogens with two attached hydrogens (primary N) is 1. The van der Waals surface area contributed by atoms with Crippen LogP contribution >= 0.6 is 0 Å². The third kappa shape index (κ3) is 4.49. The van der Waals surface area contributed by atoms with Crippen molar-refractivity contribution in [1.29, 1.82) is 5.26 Å². The van der Waals surface area contributed by atoms with Gasteiger partial charge in [-0.05, 0) is 37.1 Å². The summed E-state index contributed by atoms with van der Waals surface area (Å²) in [5, 5.41) is 11.8. The van der Waals surface area contributed by atoms with Gasteiger partial charge in [0.05, 0.1) is 6.07 Å². The number of carbonyl (C=O) groups is 2. The number of amides is 2. The van der Waals surface area contributed by atoms with Crippen LogP contribution in [0, 0.1) is 17.2 Å². The Morgan fingerprint density at radius 3 is 2.38 bits per heavy atom. The van der Waals surface area contributed by atoms with Gasteiger partial charge in [0.15, 0.2) is 6.61 Å². The van der Waals surface area contributed by atoms with Crippen LogP contribution in [-0.4, -0.2) is 24.0 Å². The summed E-state index contributed by atoms with van der Waals surface area (Å²) in [6.07, 6.45) is 0. The van der Waals surface area contributed by atoms with Crippen LogP contribution in [0.4, 0.5) is 0 Å². The van der Waals surface area contributed by atoms with Gasteiger partial charge in [-0.1, -0.05) is 13.8 Å². The Kier molecular flexibility index (Phi) is 5.30. The first kappa shape index (κ1) is 16.5. The molecule has 2 amide bonds. The first-order chi connectivity index (χ1) is 9.78. The van der Waals surface area contributed by atoms with E-state index in [-0.39, 0.29) is 18.4 Å². The van der Waals surface area contributed by atoms with Gasteiger partial charge in [0.25, 0.3) is 5.91 Å². The zero-order chi connectivity index (χ0) is 16.0. The molecular weight excluding hydrogens is 270 g/mol. The van der Waals surface area contributed by atoms with E-state index in [0.717, 1.165) is 0 Å². The Balaban J connectivity index is 2.57. The quantitative estimate of drug-likeness (QED) is 0.821. The molecule has 0 saturated carbocycles. The molecule has 3 N–H and O–H groups in total. The van der Waals surface area contributed by atoms with Gasteiger partial charge in [-0.15, -0.1) is 0 Å². The third-order valence-electron chi connectivity index (χ3n) is 3.29. The van der Waals surface area contributed by atoms with Crippen LogP contribution in [0.3, 0.4) is 0 Å². The van der Waals surface area contributed by atoms with Crippen LogP contribution in [0.5, 0.6) is 5.75 Å². The molecule has 0 fully saturated rings. The van der Waals surface area contributed by atoms with Crippen LogP contribution in [0.15, 0.2) is 24.3 Å². The molecule has 0 spiro atoms. The van der Waals surface area contributed by atoms with Crippen molar-refractivity contribution in [3.05, 3.63) is 29.8 Å². The average molecular weight is 289 g/mol. The van der Waals surface area contributed by atoms with Crippen molar-refractivity contribution < 1.29 is 14.3 Å². The maximum absolute atomic E-state index is 11.8. The van der Waals surface area contributed by atoms with E-state index in [0.29, 0.717) is 11.3 Å². The summed E-state index contributed by atoms with van der Waals surface area (Å²) in [6, 6.07) is 8.23. The summed E-state index contributed by atoms with van der Waals surface area (Å²) in [6.45, 7) is 5.16. The van der Waals surface area contributed by atoms with Crippen molar-refractivity contribution in [3.8, 4) is 11.8 Å². The summed E-state index contributed by atoms with van der Waals surface area (Å²) >= 11 is 0. The molecule has 112 valence electrons. The molecule has 0 bridgehead atoms. The molecule has 0 aliphatic carbocycles. The highest BCUT2D eigenvalue weighted by Crippen LogP contribution is 2.15. The van der Waals surface area contributed by atoms with Gasteiger partial charge in [-0.25, -0.2) is 0 Å². The lowest BCUT2D eigenvalue weighted by Gasteiger charge is -2.27. The van der Waals surface area contributed by atoms with E-state index in [4.69, 9.17) is 15.7 Å². The number of ether oxygens (including phenoxy) is 1. The number of rotatable bonds is 6. The summed E-state index contributed by atoms with van der Waals surface area (Å²) in [5.74, 6) is -0.493. The predicted molar refractivity (Wildman–Crippen MR) is 77.5 cm³/mol. The predicted octanol–water partition coefficient (Wildman–Crippen LogP) is 1.22. The van der Waals surface area contributed by atoms with Crippen LogP contribution in [-0.2, 0) is 4.79 Å². The van der Waals surface area contributed by atoms with Crippen molar-refractivity contribution in [2.45, 2.75) is 26.3 Å². The number of hydrogen-bond acceptors (Lipinski definition) is 4. The van der Waals surface area contributed by atoms with E-state index in [1.165, 1.54) is 12.1 Å². The van der Waals surface area contributed by atoms with E-state index >= 15 is 0 Å². The fraction of sp³-hybridized carbons (Fsp3) is 0.400. The highest BCUT2D eigenvalue weighted by molar-refractivity contribution is 5.92.